The van der Waals surface area contributed by atoms with Crippen LogP contribution in [-0.4, -0.2) is 29.9 Å². The second kappa shape index (κ2) is 21.6. The molecule has 6 aromatic heterocycles. The number of rotatable bonds is 9. The van der Waals surface area contributed by atoms with Crippen molar-refractivity contribution in [2.75, 3.05) is 0 Å². The summed E-state index contributed by atoms with van der Waals surface area (Å²) in [5, 5.41) is 14.6. The van der Waals surface area contributed by atoms with Crippen molar-refractivity contribution < 1.29 is 0 Å². The van der Waals surface area contributed by atoms with Gasteiger partial charge in [-0.15, -0.1) is 0 Å². The van der Waals surface area contributed by atoms with Gasteiger partial charge in [-0.3, -0.25) is 29.9 Å². The number of nitrogens with zero attached hydrogens (tertiary/aromatic N) is 6. The van der Waals surface area contributed by atoms with E-state index in [4.69, 9.17) is 29.9 Å². The van der Waals surface area contributed by atoms with Crippen molar-refractivity contribution in [2.24, 2.45) is 0 Å². The largest absolute Gasteiger partial charge is 0.260 e. The molecule has 3 aliphatic carbocycles. The summed E-state index contributed by atoms with van der Waals surface area (Å²) in [7, 11) is 0. The van der Waals surface area contributed by atoms with Gasteiger partial charge in [0.1, 0.15) is 0 Å². The lowest BCUT2D eigenvalue weighted by Gasteiger charge is -2.39. The van der Waals surface area contributed by atoms with Gasteiger partial charge in [0.2, 0.25) is 0 Å². The lowest BCUT2D eigenvalue weighted by Crippen LogP contribution is -2.24. The topological polar surface area (TPSA) is 77.3 Å². The fraction of sp³-hybridized carbons (Fsp3) is 0.231. The minimum atomic E-state index is 0.251. The zero-order chi connectivity index (χ0) is 55.5. The summed E-state index contributed by atoms with van der Waals surface area (Å²) < 4.78 is 0. The van der Waals surface area contributed by atoms with Gasteiger partial charge < -0.3 is 0 Å². The van der Waals surface area contributed by atoms with Gasteiger partial charge in [-0.25, -0.2) is 0 Å². The molecule has 7 aromatic carbocycles. The van der Waals surface area contributed by atoms with Gasteiger partial charge in [0, 0.05) is 139 Å². The van der Waals surface area contributed by atoms with E-state index in [0.717, 1.165) is 57.8 Å². The number of pyridine rings is 6. The van der Waals surface area contributed by atoms with Gasteiger partial charge in [-0.2, -0.15) is 0 Å². The zero-order valence-electron chi connectivity index (χ0n) is 47.3. The smallest absolute Gasteiger partial charge is 0.0441 e. The molecular formula is C78H66N6. The third kappa shape index (κ3) is 9.95. The summed E-state index contributed by atoms with van der Waals surface area (Å²) in [6.45, 7) is 0. The Bertz CT molecular complexity index is 3870. The molecule has 0 saturated heterocycles. The molecular weight excluding hydrogens is 1020 g/mol. The minimum absolute atomic E-state index is 0.251. The van der Waals surface area contributed by atoms with Crippen molar-refractivity contribution in [3.63, 3.8) is 0 Å². The summed E-state index contributed by atoms with van der Waals surface area (Å²) in [6.07, 6.45) is 21.8. The molecule has 6 unspecified atom stereocenters. The molecule has 13 aromatic rings. The summed E-state index contributed by atoms with van der Waals surface area (Å²) in [6, 6.07) is 74.5. The molecule has 408 valence electrons. The highest BCUT2D eigenvalue weighted by molar-refractivity contribution is 5.85. The van der Waals surface area contributed by atoms with Crippen LogP contribution >= 0.6 is 0 Å². The van der Waals surface area contributed by atoms with Crippen LogP contribution in [-0.2, 0) is 0 Å². The maximum absolute atomic E-state index is 5.30. The summed E-state index contributed by atoms with van der Waals surface area (Å²) in [4.78, 5) is 31.8. The van der Waals surface area contributed by atoms with Crippen LogP contribution in [0, 0.1) is 0 Å². The number of hydrogen-bond donors (Lipinski definition) is 0. The van der Waals surface area contributed by atoms with E-state index in [-0.39, 0.29) is 53.3 Å². The molecule has 0 spiro atoms. The van der Waals surface area contributed by atoms with Crippen LogP contribution in [0.15, 0.2) is 237 Å². The third-order valence-corrected chi connectivity index (χ3v) is 20.0. The molecule has 6 atom stereocenters. The molecule has 16 rings (SSSR count). The number of aromatic nitrogens is 6. The first-order valence-corrected chi connectivity index (χ1v) is 30.7. The fourth-order valence-electron chi connectivity index (χ4n) is 15.6. The third-order valence-electron chi connectivity index (χ3n) is 20.0. The van der Waals surface area contributed by atoms with Crippen molar-refractivity contribution in [1.82, 2.24) is 29.9 Å². The van der Waals surface area contributed by atoms with Gasteiger partial charge in [-0.1, -0.05) is 164 Å². The second-order valence-corrected chi connectivity index (χ2v) is 25.1. The van der Waals surface area contributed by atoms with Crippen molar-refractivity contribution in [1.29, 1.82) is 0 Å². The average molecular weight is 1090 g/mol. The molecule has 0 radical (unpaired) electrons. The summed E-state index contributed by atoms with van der Waals surface area (Å²) in [5.74, 6) is 2.32. The van der Waals surface area contributed by atoms with Crippen LogP contribution < -0.4 is 0 Å². The first-order valence-electron chi connectivity index (χ1n) is 30.7. The van der Waals surface area contributed by atoms with E-state index in [0.29, 0.717) is 0 Å². The monoisotopic (exact) mass is 1090 g/mol. The molecule has 6 heterocycles. The Hall–Kier alpha value is -9.00. The number of hydrogen-bond acceptors (Lipinski definition) is 6. The first-order chi connectivity index (χ1) is 41.5. The lowest BCUT2D eigenvalue weighted by atomic mass is 9.66. The first kappa shape index (κ1) is 50.7. The molecule has 3 aliphatic rings. The molecule has 0 N–H and O–H groups in total. The standard InChI is InChI=1S/C78H66N6/c1-7-19-55-43-79-73(37-49(55)13-1)67-28-64(29-68(34-67)74-38-50-14-2-8-20-56(50)44-80-74)61-25-62(65-30-69(75-39-51-15-3-9-21-57(51)45-81-75)35-70(31-65)76-40-52-16-4-10-22-58(52)46-82-76)27-63(26-61)66-32-71(77-41-53-17-5-11-23-59(53)47-83-77)36-72(33-66)78-42-54-18-6-12-24-60(54)48-84-78/h1-27,37-48,64-72H,28-36H2. The number of benzene rings is 7. The van der Waals surface area contributed by atoms with Gasteiger partial charge in [0.25, 0.3) is 0 Å². The molecule has 84 heavy (non-hydrogen) atoms. The van der Waals surface area contributed by atoms with E-state index in [1.807, 2.05) is 0 Å². The van der Waals surface area contributed by atoms with Crippen LogP contribution in [0.25, 0.3) is 64.6 Å². The Morgan fingerprint density at radius 2 is 0.333 bits per heavy atom. The van der Waals surface area contributed by atoms with E-state index >= 15 is 0 Å². The van der Waals surface area contributed by atoms with E-state index in [1.54, 1.807) is 0 Å². The van der Waals surface area contributed by atoms with Crippen LogP contribution in [0.1, 0.15) is 162 Å². The van der Waals surface area contributed by atoms with Crippen molar-refractivity contribution >= 4 is 64.6 Å². The maximum atomic E-state index is 5.30. The molecule has 6 nitrogen and oxygen atoms in total. The molecule has 0 amide bonds. The summed E-state index contributed by atoms with van der Waals surface area (Å²) >= 11 is 0. The lowest BCUT2D eigenvalue weighted by molar-refractivity contribution is 0.333. The van der Waals surface area contributed by atoms with E-state index in [1.165, 1.54) is 115 Å². The van der Waals surface area contributed by atoms with Gasteiger partial charge >= 0.3 is 0 Å². The Balaban J connectivity index is 0.854. The average Bonchev–Trinajstić information content (AvgIpc) is 3.06. The van der Waals surface area contributed by atoms with E-state index < -0.39 is 0 Å². The van der Waals surface area contributed by atoms with Crippen LogP contribution in [0.4, 0.5) is 0 Å². The van der Waals surface area contributed by atoms with Crippen molar-refractivity contribution in [3.05, 3.63) is 288 Å². The minimum Gasteiger partial charge on any atom is -0.260 e. The molecule has 3 saturated carbocycles. The molecule has 6 heteroatoms. The normalized spacial score (nSPS) is 22.9. The van der Waals surface area contributed by atoms with Crippen LogP contribution in [0.2, 0.25) is 0 Å². The van der Waals surface area contributed by atoms with Gasteiger partial charge in [-0.05, 0) is 161 Å². The predicted octanol–water partition coefficient (Wildman–Crippen LogP) is 19.5. The number of fused-ring (bicyclic) bond motifs is 6. The Morgan fingerprint density at radius 3 is 0.512 bits per heavy atom. The van der Waals surface area contributed by atoms with Crippen molar-refractivity contribution in [3.8, 4) is 0 Å². The van der Waals surface area contributed by atoms with E-state index in [2.05, 4.69) is 237 Å². The quantitative estimate of drug-likeness (QED) is 0.143. The fourth-order valence-corrected chi connectivity index (χ4v) is 15.6. The second-order valence-electron chi connectivity index (χ2n) is 25.1. The Kier molecular flexibility index (Phi) is 13.1. The Labute approximate surface area is 491 Å². The van der Waals surface area contributed by atoms with Gasteiger partial charge in [0.15, 0.2) is 0 Å². The SMILES string of the molecule is c1ccc2cc(C3CC(c4cc(C5CC(c6cc7ccccc7cn6)CC(c6cc7ccccc7cn6)C5)cc(C5CC(c6cc7ccccc7cn6)CC(c6cc7ccccc7cn6)C5)c4)CC(c4cc5ccccc5cn4)C3)ncc2c1. The highest BCUT2D eigenvalue weighted by atomic mass is 14.7. The molecule has 0 aliphatic heterocycles. The zero-order valence-corrected chi connectivity index (χ0v) is 47.3. The highest BCUT2D eigenvalue weighted by Crippen LogP contribution is 2.54. The molecule has 3 fully saturated rings. The van der Waals surface area contributed by atoms with Crippen LogP contribution in [0.3, 0.4) is 0 Å². The Morgan fingerprint density at radius 1 is 0.179 bits per heavy atom. The molecule has 0 bridgehead atoms. The van der Waals surface area contributed by atoms with E-state index in [9.17, 15) is 0 Å². The maximum Gasteiger partial charge on any atom is 0.0441 e. The van der Waals surface area contributed by atoms with Gasteiger partial charge in [0.05, 0.1) is 0 Å². The van der Waals surface area contributed by atoms with Crippen molar-refractivity contribution in [2.45, 2.75) is 111 Å². The predicted molar refractivity (Wildman–Crippen MR) is 343 cm³/mol. The summed E-state index contributed by atoms with van der Waals surface area (Å²) in [5.41, 5.74) is 11.5. The highest BCUT2D eigenvalue weighted by Gasteiger charge is 2.39. The van der Waals surface area contributed by atoms with Crippen LogP contribution in [0.5, 0.6) is 0 Å².